The van der Waals surface area contributed by atoms with Crippen LogP contribution in [-0.2, 0) is 13.3 Å². The lowest BCUT2D eigenvalue weighted by Gasteiger charge is -2.24. The van der Waals surface area contributed by atoms with Crippen molar-refractivity contribution in [2.75, 3.05) is 33.2 Å². The molecule has 2 amide bonds. The summed E-state index contributed by atoms with van der Waals surface area (Å²) in [5.41, 5.74) is -0.430. The summed E-state index contributed by atoms with van der Waals surface area (Å²) in [5, 5.41) is 5.06. The molecule has 0 bridgehead atoms. The van der Waals surface area contributed by atoms with Crippen LogP contribution >= 0.6 is 0 Å². The van der Waals surface area contributed by atoms with E-state index in [1.54, 1.807) is 0 Å². The summed E-state index contributed by atoms with van der Waals surface area (Å²) in [6.07, 6.45) is 2.04. The fraction of sp³-hybridized carbons (Fsp3) is 0.545. The van der Waals surface area contributed by atoms with Gasteiger partial charge < -0.3 is 23.6 Å². The Morgan fingerprint density at radius 2 is 2.00 bits per heavy atom. The molecule has 0 spiro atoms. The summed E-state index contributed by atoms with van der Waals surface area (Å²) in [4.78, 5) is 28.8. The van der Waals surface area contributed by atoms with Crippen LogP contribution in [0, 0.1) is 0 Å². The van der Waals surface area contributed by atoms with Crippen molar-refractivity contribution in [1.82, 2.24) is 15.3 Å². The molecule has 1 heterocycles. The van der Waals surface area contributed by atoms with E-state index in [9.17, 15) is 9.59 Å². The van der Waals surface area contributed by atoms with Crippen molar-refractivity contribution >= 4 is 20.8 Å². The topological polar surface area (TPSA) is 115 Å². The first-order chi connectivity index (χ1) is 10.0. The molecule has 1 rings (SSSR count). The zero-order chi connectivity index (χ0) is 15.7. The van der Waals surface area contributed by atoms with Crippen molar-refractivity contribution in [2.24, 2.45) is 0 Å². The molecule has 21 heavy (non-hydrogen) atoms. The van der Waals surface area contributed by atoms with E-state index in [2.05, 4.69) is 20.6 Å². The second-order valence-corrected chi connectivity index (χ2v) is 7.15. The highest BCUT2D eigenvalue weighted by molar-refractivity contribution is 6.60. The van der Waals surface area contributed by atoms with Crippen LogP contribution in [0.3, 0.4) is 0 Å². The maximum Gasteiger partial charge on any atom is 0.500 e. The van der Waals surface area contributed by atoms with Gasteiger partial charge in [0.15, 0.2) is 0 Å². The van der Waals surface area contributed by atoms with E-state index in [0.717, 1.165) is 0 Å². The van der Waals surface area contributed by atoms with Crippen LogP contribution in [0.2, 0.25) is 6.04 Å². The number of H-pyrrole nitrogens is 1. The zero-order valence-corrected chi connectivity index (χ0v) is 13.3. The first kappa shape index (κ1) is 17.3. The molecule has 0 radical (unpaired) electrons. The number of hydrogen-bond donors (Lipinski definition) is 3. The Balaban J connectivity index is 2.32. The lowest BCUT2D eigenvalue weighted by atomic mass is 10.5. The number of carbonyl (C=O) groups excluding carboxylic acids is 1. The average molecular weight is 316 g/mol. The van der Waals surface area contributed by atoms with Crippen molar-refractivity contribution in [3.8, 4) is 0 Å². The van der Waals surface area contributed by atoms with Gasteiger partial charge in [0, 0.05) is 46.2 Å². The smallest absolute Gasteiger partial charge is 0.377 e. The minimum Gasteiger partial charge on any atom is -0.377 e. The van der Waals surface area contributed by atoms with Crippen molar-refractivity contribution in [3.05, 3.63) is 22.6 Å². The van der Waals surface area contributed by atoms with E-state index >= 15 is 0 Å². The Morgan fingerprint density at radius 1 is 1.33 bits per heavy atom. The first-order valence-corrected chi connectivity index (χ1v) is 8.24. The van der Waals surface area contributed by atoms with Crippen molar-refractivity contribution in [3.63, 3.8) is 0 Å². The lowest BCUT2D eigenvalue weighted by Crippen LogP contribution is -2.43. The van der Waals surface area contributed by atoms with E-state index in [4.69, 9.17) is 13.3 Å². The van der Waals surface area contributed by atoms with E-state index in [0.29, 0.717) is 19.0 Å². The van der Waals surface area contributed by atoms with E-state index in [-0.39, 0.29) is 5.95 Å². The van der Waals surface area contributed by atoms with Crippen molar-refractivity contribution < 1.29 is 18.1 Å². The fourth-order valence-electron chi connectivity index (χ4n) is 1.65. The predicted octanol–water partition coefficient (Wildman–Crippen LogP) is 0.160. The Labute approximate surface area is 123 Å². The molecule has 9 nitrogen and oxygen atoms in total. The summed E-state index contributed by atoms with van der Waals surface area (Å²) >= 11 is 0. The van der Waals surface area contributed by atoms with Gasteiger partial charge in [-0.2, -0.15) is 4.98 Å². The van der Waals surface area contributed by atoms with Gasteiger partial charge in [-0.1, -0.05) is 0 Å². The second-order valence-electron chi connectivity index (χ2n) is 4.06. The Kier molecular flexibility index (Phi) is 7.01. The number of aromatic amines is 1. The monoisotopic (exact) mass is 316 g/mol. The minimum atomic E-state index is -2.60. The van der Waals surface area contributed by atoms with Gasteiger partial charge in [0.25, 0.3) is 5.56 Å². The molecule has 1 aromatic heterocycles. The molecule has 0 saturated heterocycles. The van der Waals surface area contributed by atoms with Gasteiger partial charge >= 0.3 is 14.8 Å². The van der Waals surface area contributed by atoms with Gasteiger partial charge in [-0.25, -0.2) is 4.79 Å². The van der Waals surface area contributed by atoms with Crippen molar-refractivity contribution in [2.45, 2.75) is 12.5 Å². The Bertz CT molecular complexity index is 497. The number of nitrogens with zero attached hydrogens (tertiary/aromatic N) is 1. The standard InChI is InChI=1S/C11H20N4O5Si/c1-18-21(19-2,20-3)8-4-6-13-11(17)15-10-12-7-5-9(16)14-10/h5,7H,4,6,8H2,1-3H3,(H3,12,13,14,15,16,17). The van der Waals surface area contributed by atoms with Gasteiger partial charge in [0.2, 0.25) is 5.95 Å². The third-order valence-corrected chi connectivity index (χ3v) is 5.61. The van der Waals surface area contributed by atoms with Gasteiger partial charge in [0.1, 0.15) is 0 Å². The maximum absolute atomic E-state index is 11.6. The van der Waals surface area contributed by atoms with Crippen LogP contribution in [0.15, 0.2) is 17.1 Å². The second kappa shape index (κ2) is 8.52. The highest BCUT2D eigenvalue weighted by Crippen LogP contribution is 2.14. The molecule has 0 saturated carbocycles. The van der Waals surface area contributed by atoms with Gasteiger partial charge in [-0.15, -0.1) is 0 Å². The van der Waals surface area contributed by atoms with Crippen LogP contribution in [0.25, 0.3) is 0 Å². The number of urea groups is 1. The van der Waals surface area contributed by atoms with Crippen LogP contribution in [0.5, 0.6) is 0 Å². The molecule has 118 valence electrons. The van der Waals surface area contributed by atoms with Crippen LogP contribution in [-0.4, -0.2) is 52.7 Å². The lowest BCUT2D eigenvalue weighted by molar-refractivity contribution is 0.123. The molecule has 0 aromatic carbocycles. The number of anilines is 1. The highest BCUT2D eigenvalue weighted by atomic mass is 28.4. The van der Waals surface area contributed by atoms with E-state index in [1.165, 1.54) is 33.6 Å². The molecule has 0 fully saturated rings. The molecule has 0 unspecified atom stereocenters. The third-order valence-electron chi connectivity index (χ3n) is 2.78. The molecular formula is C11H20N4O5Si. The number of aromatic nitrogens is 2. The highest BCUT2D eigenvalue weighted by Gasteiger charge is 2.36. The van der Waals surface area contributed by atoms with Crippen LogP contribution in [0.1, 0.15) is 6.42 Å². The number of carbonyl (C=O) groups is 1. The first-order valence-electron chi connectivity index (χ1n) is 6.31. The number of amides is 2. The van der Waals surface area contributed by atoms with Crippen molar-refractivity contribution in [1.29, 1.82) is 0 Å². The third kappa shape index (κ3) is 5.63. The van der Waals surface area contributed by atoms with Gasteiger partial charge in [-0.3, -0.25) is 10.1 Å². The molecule has 3 N–H and O–H groups in total. The molecule has 0 aliphatic heterocycles. The minimum absolute atomic E-state index is 0.0920. The zero-order valence-electron chi connectivity index (χ0n) is 12.3. The molecule has 0 atom stereocenters. The number of nitrogens with one attached hydrogen (secondary N) is 3. The summed E-state index contributed by atoms with van der Waals surface area (Å²) in [6.45, 7) is 0.410. The maximum atomic E-state index is 11.6. The quantitative estimate of drug-likeness (QED) is 0.465. The predicted molar refractivity (Wildman–Crippen MR) is 78.1 cm³/mol. The molecule has 10 heteroatoms. The summed E-state index contributed by atoms with van der Waals surface area (Å²) in [7, 11) is 2.01. The summed E-state index contributed by atoms with van der Waals surface area (Å²) < 4.78 is 15.8. The molecule has 0 aliphatic rings. The summed E-state index contributed by atoms with van der Waals surface area (Å²) in [5.74, 6) is 0.0920. The van der Waals surface area contributed by atoms with E-state index < -0.39 is 20.4 Å². The molecule has 1 aromatic rings. The SMILES string of the molecule is CO[Si](CCCNC(=O)Nc1nc(=O)cc[nH]1)(OC)OC. The van der Waals surface area contributed by atoms with Crippen LogP contribution in [0.4, 0.5) is 10.7 Å². The molecular weight excluding hydrogens is 296 g/mol. The van der Waals surface area contributed by atoms with Gasteiger partial charge in [0.05, 0.1) is 0 Å². The van der Waals surface area contributed by atoms with Gasteiger partial charge in [-0.05, 0) is 6.42 Å². The summed E-state index contributed by atoms with van der Waals surface area (Å²) in [6, 6.07) is 1.38. The Hall–Kier alpha value is -1.75. The van der Waals surface area contributed by atoms with E-state index in [1.807, 2.05) is 0 Å². The number of hydrogen-bond acceptors (Lipinski definition) is 6. The fourth-order valence-corrected chi connectivity index (χ4v) is 3.37. The number of rotatable bonds is 8. The average Bonchev–Trinajstić information content (AvgIpc) is 2.48. The largest absolute Gasteiger partial charge is 0.500 e. The molecule has 0 aliphatic carbocycles. The van der Waals surface area contributed by atoms with Crippen LogP contribution < -0.4 is 16.2 Å². The normalized spacial score (nSPS) is 11.2. The Morgan fingerprint density at radius 3 is 2.57 bits per heavy atom.